The number of carbonyl (C=O) groups excluding carboxylic acids is 1. The topological polar surface area (TPSA) is 63.7 Å². The molecule has 2 aromatic carbocycles. The van der Waals surface area contributed by atoms with Gasteiger partial charge in [0.2, 0.25) is 0 Å². The molecule has 128 valence electrons. The van der Waals surface area contributed by atoms with Crippen LogP contribution in [0, 0.1) is 6.92 Å². The van der Waals surface area contributed by atoms with E-state index in [-0.39, 0.29) is 11.5 Å². The van der Waals surface area contributed by atoms with E-state index in [4.69, 9.17) is 16.3 Å². The number of hydrogen-bond acceptors (Lipinski definition) is 4. The molecule has 0 aliphatic rings. The van der Waals surface area contributed by atoms with Gasteiger partial charge in [0, 0.05) is 12.1 Å². The van der Waals surface area contributed by atoms with E-state index >= 15 is 0 Å². The van der Waals surface area contributed by atoms with Crippen molar-refractivity contribution in [2.45, 2.75) is 18.7 Å². The smallest absolute Gasteiger partial charge is 0.338 e. The van der Waals surface area contributed by atoms with E-state index in [1.165, 1.54) is 35.6 Å². The van der Waals surface area contributed by atoms with E-state index in [0.717, 1.165) is 0 Å². The molecule has 0 fully saturated rings. The Bertz CT molecular complexity index is 847. The maximum Gasteiger partial charge on any atom is 0.338 e. The summed E-state index contributed by atoms with van der Waals surface area (Å²) < 4.78 is 31.5. The minimum Gasteiger partial charge on any atom is -0.462 e. The molecule has 0 unspecified atom stereocenters. The Hall–Kier alpha value is -2.05. The Morgan fingerprint density at radius 1 is 1.17 bits per heavy atom. The second-order valence-electron chi connectivity index (χ2n) is 5.15. The van der Waals surface area contributed by atoms with Crippen LogP contribution in [0.4, 0.5) is 5.69 Å². The lowest BCUT2D eigenvalue weighted by atomic mass is 10.1. The molecule has 0 radical (unpaired) electrons. The van der Waals surface area contributed by atoms with Crippen molar-refractivity contribution >= 4 is 33.3 Å². The Labute approximate surface area is 146 Å². The molecule has 0 aliphatic carbocycles. The normalized spacial score (nSPS) is 11.2. The van der Waals surface area contributed by atoms with Gasteiger partial charge in [-0.3, -0.25) is 4.31 Å². The van der Waals surface area contributed by atoms with Gasteiger partial charge in [-0.2, -0.15) is 0 Å². The monoisotopic (exact) mass is 367 g/mol. The van der Waals surface area contributed by atoms with Gasteiger partial charge in [-0.25, -0.2) is 13.2 Å². The number of hydrogen-bond donors (Lipinski definition) is 0. The highest BCUT2D eigenvalue weighted by Crippen LogP contribution is 2.27. The fraction of sp³-hybridized carbons (Fsp3) is 0.235. The summed E-state index contributed by atoms with van der Waals surface area (Å²) in [5.74, 6) is -0.435. The molecule has 0 aromatic heterocycles. The van der Waals surface area contributed by atoms with Gasteiger partial charge in [-0.1, -0.05) is 11.6 Å². The molecule has 0 saturated heterocycles. The summed E-state index contributed by atoms with van der Waals surface area (Å²) >= 11 is 5.80. The van der Waals surface area contributed by atoms with Crippen LogP contribution in [0.3, 0.4) is 0 Å². The van der Waals surface area contributed by atoms with Crippen LogP contribution in [0.5, 0.6) is 0 Å². The summed E-state index contributed by atoms with van der Waals surface area (Å²) in [6.45, 7) is 3.75. The third kappa shape index (κ3) is 3.71. The second kappa shape index (κ2) is 7.23. The molecule has 0 atom stereocenters. The van der Waals surface area contributed by atoms with Crippen molar-refractivity contribution in [1.82, 2.24) is 0 Å². The van der Waals surface area contributed by atoms with Gasteiger partial charge in [0.05, 0.1) is 22.8 Å². The highest BCUT2D eigenvalue weighted by Gasteiger charge is 2.23. The molecule has 0 spiro atoms. The number of benzene rings is 2. The lowest BCUT2D eigenvalue weighted by Crippen LogP contribution is -2.27. The molecule has 0 aliphatic heterocycles. The summed E-state index contributed by atoms with van der Waals surface area (Å²) in [6, 6.07) is 10.7. The molecule has 0 saturated carbocycles. The summed E-state index contributed by atoms with van der Waals surface area (Å²) in [4.78, 5) is 11.9. The van der Waals surface area contributed by atoms with E-state index in [2.05, 4.69) is 0 Å². The zero-order valence-electron chi connectivity index (χ0n) is 13.6. The molecule has 0 amide bonds. The van der Waals surface area contributed by atoms with E-state index in [0.29, 0.717) is 21.8 Å². The Morgan fingerprint density at radius 3 is 2.33 bits per heavy atom. The minimum absolute atomic E-state index is 0.142. The number of halogens is 1. The lowest BCUT2D eigenvalue weighted by Gasteiger charge is -2.22. The van der Waals surface area contributed by atoms with Gasteiger partial charge in [-0.05, 0) is 61.9 Å². The number of anilines is 1. The van der Waals surface area contributed by atoms with E-state index in [1.54, 1.807) is 32.0 Å². The first-order chi connectivity index (χ1) is 11.3. The number of nitrogens with zero attached hydrogens (tertiary/aromatic N) is 1. The lowest BCUT2D eigenvalue weighted by molar-refractivity contribution is 0.0526. The number of carbonyl (C=O) groups is 1. The Kier molecular flexibility index (Phi) is 5.51. The number of aryl methyl sites for hydroxylation is 1. The molecule has 0 N–H and O–H groups in total. The molecular formula is C17H18ClNO4S. The first kappa shape index (κ1) is 18.3. The van der Waals surface area contributed by atoms with Gasteiger partial charge in [0.25, 0.3) is 10.0 Å². The van der Waals surface area contributed by atoms with Gasteiger partial charge in [0.15, 0.2) is 0 Å². The highest BCUT2D eigenvalue weighted by molar-refractivity contribution is 7.92. The SMILES string of the molecule is CCOC(=O)c1ccc(N(C)S(=O)(=O)c2ccc(Cl)cc2)c(C)c1. The van der Waals surface area contributed by atoms with Crippen LogP contribution >= 0.6 is 11.6 Å². The van der Waals surface area contributed by atoms with Crippen LogP contribution in [0.2, 0.25) is 5.02 Å². The fourth-order valence-corrected chi connectivity index (χ4v) is 3.63. The summed E-state index contributed by atoms with van der Waals surface area (Å²) in [7, 11) is -2.25. The maximum absolute atomic E-state index is 12.7. The third-order valence-corrected chi connectivity index (χ3v) is 5.56. The van der Waals surface area contributed by atoms with Crippen molar-refractivity contribution < 1.29 is 17.9 Å². The van der Waals surface area contributed by atoms with Crippen molar-refractivity contribution in [1.29, 1.82) is 0 Å². The Balaban J connectivity index is 2.37. The largest absolute Gasteiger partial charge is 0.462 e. The van der Waals surface area contributed by atoms with Crippen LogP contribution in [0.1, 0.15) is 22.8 Å². The average Bonchev–Trinajstić information content (AvgIpc) is 2.54. The molecule has 24 heavy (non-hydrogen) atoms. The predicted octanol–water partition coefficient (Wildman–Crippen LogP) is 3.65. The van der Waals surface area contributed by atoms with Crippen LogP contribution in [0.15, 0.2) is 47.4 Å². The van der Waals surface area contributed by atoms with Crippen LogP contribution in [-0.2, 0) is 14.8 Å². The van der Waals surface area contributed by atoms with Crippen LogP contribution < -0.4 is 4.31 Å². The standard InChI is InChI=1S/C17H18ClNO4S/c1-4-23-17(20)13-5-10-16(12(2)11-13)19(3)24(21,22)15-8-6-14(18)7-9-15/h5-11H,4H2,1-3H3. The number of esters is 1. The highest BCUT2D eigenvalue weighted by atomic mass is 35.5. The van der Waals surface area contributed by atoms with E-state index < -0.39 is 16.0 Å². The van der Waals surface area contributed by atoms with Crippen LogP contribution in [-0.4, -0.2) is 28.0 Å². The number of ether oxygens (including phenoxy) is 1. The molecule has 0 heterocycles. The third-order valence-electron chi connectivity index (χ3n) is 3.52. The molecule has 2 aromatic rings. The molecule has 5 nitrogen and oxygen atoms in total. The number of sulfonamides is 1. The van der Waals surface area contributed by atoms with Crippen LogP contribution in [0.25, 0.3) is 0 Å². The zero-order valence-corrected chi connectivity index (χ0v) is 15.2. The van der Waals surface area contributed by atoms with E-state index in [1.807, 2.05) is 0 Å². The van der Waals surface area contributed by atoms with Crippen molar-refractivity contribution in [3.63, 3.8) is 0 Å². The quantitative estimate of drug-likeness (QED) is 0.757. The maximum atomic E-state index is 12.7. The molecule has 0 bridgehead atoms. The molecular weight excluding hydrogens is 350 g/mol. The number of rotatable bonds is 5. The van der Waals surface area contributed by atoms with Crippen molar-refractivity contribution in [2.24, 2.45) is 0 Å². The van der Waals surface area contributed by atoms with Crippen molar-refractivity contribution in [3.05, 3.63) is 58.6 Å². The predicted molar refractivity (Wildman–Crippen MR) is 94.2 cm³/mol. The minimum atomic E-state index is -3.72. The first-order valence-corrected chi connectivity index (χ1v) is 9.11. The summed E-state index contributed by atoms with van der Waals surface area (Å²) in [6.07, 6.45) is 0. The van der Waals surface area contributed by atoms with Gasteiger partial charge in [-0.15, -0.1) is 0 Å². The molecule has 2 rings (SSSR count). The zero-order chi connectivity index (χ0) is 17.9. The fourth-order valence-electron chi connectivity index (χ4n) is 2.24. The van der Waals surface area contributed by atoms with Gasteiger partial charge in [0.1, 0.15) is 0 Å². The van der Waals surface area contributed by atoms with Gasteiger partial charge < -0.3 is 4.74 Å². The average molecular weight is 368 g/mol. The first-order valence-electron chi connectivity index (χ1n) is 7.29. The second-order valence-corrected chi connectivity index (χ2v) is 7.55. The molecule has 7 heteroatoms. The van der Waals surface area contributed by atoms with E-state index in [9.17, 15) is 13.2 Å². The van der Waals surface area contributed by atoms with Crippen molar-refractivity contribution in [3.8, 4) is 0 Å². The summed E-state index contributed by atoms with van der Waals surface area (Å²) in [5, 5.41) is 0.464. The summed E-state index contributed by atoms with van der Waals surface area (Å²) in [5.41, 5.74) is 1.52. The van der Waals surface area contributed by atoms with Crippen molar-refractivity contribution in [2.75, 3.05) is 18.0 Å². The van der Waals surface area contributed by atoms with Gasteiger partial charge >= 0.3 is 5.97 Å². The Morgan fingerprint density at radius 2 is 1.79 bits per heavy atom.